The molecule has 0 saturated carbocycles. The van der Waals surface area contributed by atoms with Gasteiger partial charge in [0.25, 0.3) is 0 Å². The predicted octanol–water partition coefficient (Wildman–Crippen LogP) is 3.53. The molecule has 0 spiro atoms. The summed E-state index contributed by atoms with van der Waals surface area (Å²) in [5, 5.41) is 1.78. The fourth-order valence-corrected chi connectivity index (χ4v) is 2.10. The number of furan rings is 1. The van der Waals surface area contributed by atoms with Crippen LogP contribution in [-0.2, 0) is 11.2 Å². The lowest BCUT2D eigenvalue weighted by Crippen LogP contribution is -2.01. The Kier molecular flexibility index (Phi) is 4.45. The largest absolute Gasteiger partial charge is 0.493 e. The first kappa shape index (κ1) is 14.2. The van der Waals surface area contributed by atoms with Crippen LogP contribution in [0.15, 0.2) is 35.5 Å². The highest BCUT2D eigenvalue weighted by atomic mass is 16.5. The highest BCUT2D eigenvalue weighted by Crippen LogP contribution is 2.34. The minimum absolute atomic E-state index is 0.135. The zero-order valence-corrected chi connectivity index (χ0v) is 11.8. The number of carbonyl (C=O) groups is 1. The fraction of sp³-hybridized carbons (Fsp3) is 0.312. The molecule has 0 aliphatic carbocycles. The summed E-state index contributed by atoms with van der Waals surface area (Å²) < 4.78 is 16.0. The van der Waals surface area contributed by atoms with E-state index in [4.69, 9.17) is 13.9 Å². The number of hydrogen-bond donors (Lipinski definition) is 0. The minimum Gasteiger partial charge on any atom is -0.493 e. The van der Waals surface area contributed by atoms with Gasteiger partial charge in [-0.15, -0.1) is 6.58 Å². The van der Waals surface area contributed by atoms with Gasteiger partial charge < -0.3 is 13.9 Å². The van der Waals surface area contributed by atoms with Crippen LogP contribution in [0.3, 0.4) is 0 Å². The zero-order valence-electron chi connectivity index (χ0n) is 11.8. The average molecular weight is 274 g/mol. The molecule has 20 heavy (non-hydrogen) atoms. The van der Waals surface area contributed by atoms with Gasteiger partial charge in [-0.25, -0.2) is 0 Å². The van der Waals surface area contributed by atoms with E-state index in [0.717, 1.165) is 10.8 Å². The standard InChI is InChI=1S/C16H18O4/c1-4-5-6-12(17)8-14-13-9-16(19-3)15(18-2)7-11(13)10-20-14/h4,7,9-10H,1,5-6,8H2,2-3H3. The first-order valence-electron chi connectivity index (χ1n) is 6.44. The summed E-state index contributed by atoms with van der Waals surface area (Å²) in [4.78, 5) is 11.8. The summed E-state index contributed by atoms with van der Waals surface area (Å²) in [6.45, 7) is 3.62. The molecule has 0 atom stereocenters. The summed E-state index contributed by atoms with van der Waals surface area (Å²) in [7, 11) is 3.17. The maximum Gasteiger partial charge on any atom is 0.161 e. The molecular weight excluding hydrogens is 256 g/mol. The summed E-state index contributed by atoms with van der Waals surface area (Å²) >= 11 is 0. The second kappa shape index (κ2) is 6.28. The fourth-order valence-electron chi connectivity index (χ4n) is 2.10. The number of carbonyl (C=O) groups excluding carboxylic acids is 1. The van der Waals surface area contributed by atoms with Crippen LogP contribution in [0, 0.1) is 0 Å². The number of ether oxygens (including phenoxy) is 2. The monoisotopic (exact) mass is 274 g/mol. The van der Waals surface area contributed by atoms with Crippen molar-refractivity contribution in [3.63, 3.8) is 0 Å². The van der Waals surface area contributed by atoms with Crippen molar-refractivity contribution in [2.75, 3.05) is 14.2 Å². The van der Waals surface area contributed by atoms with Gasteiger partial charge in [-0.1, -0.05) is 6.08 Å². The first-order chi connectivity index (χ1) is 9.69. The molecule has 0 amide bonds. The molecule has 0 bridgehead atoms. The van der Waals surface area contributed by atoms with Crippen LogP contribution in [0.2, 0.25) is 0 Å². The van der Waals surface area contributed by atoms with Crippen molar-refractivity contribution in [3.8, 4) is 11.5 Å². The molecule has 0 fully saturated rings. The number of allylic oxidation sites excluding steroid dienone is 1. The van der Waals surface area contributed by atoms with Crippen LogP contribution in [-0.4, -0.2) is 20.0 Å². The van der Waals surface area contributed by atoms with E-state index in [-0.39, 0.29) is 12.2 Å². The van der Waals surface area contributed by atoms with Gasteiger partial charge >= 0.3 is 0 Å². The Labute approximate surface area is 118 Å². The number of Topliss-reactive ketones (excluding diaryl/α,β-unsaturated/α-hetero) is 1. The van der Waals surface area contributed by atoms with E-state index >= 15 is 0 Å². The molecule has 0 radical (unpaired) electrons. The second-order valence-corrected chi connectivity index (χ2v) is 4.50. The number of benzene rings is 1. The third-order valence-corrected chi connectivity index (χ3v) is 3.17. The number of methoxy groups -OCH3 is 2. The van der Waals surface area contributed by atoms with Crippen LogP contribution in [0.1, 0.15) is 18.6 Å². The smallest absolute Gasteiger partial charge is 0.161 e. The van der Waals surface area contributed by atoms with Gasteiger partial charge in [-0.05, 0) is 18.6 Å². The second-order valence-electron chi connectivity index (χ2n) is 4.50. The Bertz CT molecular complexity index is 625. The van der Waals surface area contributed by atoms with E-state index in [2.05, 4.69) is 6.58 Å². The molecule has 0 aliphatic rings. The molecule has 4 heteroatoms. The molecule has 1 heterocycles. The molecular formula is C16H18O4. The van der Waals surface area contributed by atoms with Crippen molar-refractivity contribution in [2.24, 2.45) is 0 Å². The quantitative estimate of drug-likeness (QED) is 0.725. The summed E-state index contributed by atoms with van der Waals surface area (Å²) in [6.07, 6.45) is 4.83. The van der Waals surface area contributed by atoms with Crippen LogP contribution < -0.4 is 9.47 Å². The van der Waals surface area contributed by atoms with E-state index in [9.17, 15) is 4.79 Å². The number of rotatable bonds is 7. The van der Waals surface area contributed by atoms with Crippen molar-refractivity contribution in [1.29, 1.82) is 0 Å². The maximum atomic E-state index is 11.8. The Morgan fingerprint density at radius 3 is 2.65 bits per heavy atom. The third-order valence-electron chi connectivity index (χ3n) is 3.17. The summed E-state index contributed by atoms with van der Waals surface area (Å²) in [6, 6.07) is 3.68. The lowest BCUT2D eigenvalue weighted by atomic mass is 10.1. The van der Waals surface area contributed by atoms with Crippen LogP contribution in [0.4, 0.5) is 0 Å². The highest BCUT2D eigenvalue weighted by molar-refractivity contribution is 5.91. The highest BCUT2D eigenvalue weighted by Gasteiger charge is 2.14. The van der Waals surface area contributed by atoms with E-state index in [1.807, 2.05) is 12.1 Å². The van der Waals surface area contributed by atoms with E-state index in [1.54, 1.807) is 26.6 Å². The van der Waals surface area contributed by atoms with Crippen molar-refractivity contribution in [1.82, 2.24) is 0 Å². The first-order valence-corrected chi connectivity index (χ1v) is 6.44. The molecule has 1 aromatic heterocycles. The van der Waals surface area contributed by atoms with Crippen LogP contribution >= 0.6 is 0 Å². The van der Waals surface area contributed by atoms with Gasteiger partial charge in [-0.2, -0.15) is 0 Å². The molecule has 106 valence electrons. The topological polar surface area (TPSA) is 48.7 Å². The molecule has 0 saturated heterocycles. The van der Waals surface area contributed by atoms with Gasteiger partial charge in [-0.3, -0.25) is 4.79 Å². The van der Waals surface area contributed by atoms with E-state index < -0.39 is 0 Å². The van der Waals surface area contributed by atoms with Gasteiger partial charge in [0.15, 0.2) is 11.5 Å². The van der Waals surface area contributed by atoms with Gasteiger partial charge in [0.2, 0.25) is 0 Å². The summed E-state index contributed by atoms with van der Waals surface area (Å²) in [5.74, 6) is 2.07. The normalized spacial score (nSPS) is 10.5. The zero-order chi connectivity index (χ0) is 14.5. The molecule has 1 aromatic carbocycles. The van der Waals surface area contributed by atoms with Crippen molar-refractivity contribution < 1.29 is 18.7 Å². The maximum absolute atomic E-state index is 11.8. The Hall–Kier alpha value is -2.23. The van der Waals surface area contributed by atoms with Crippen molar-refractivity contribution in [2.45, 2.75) is 19.3 Å². The molecule has 4 nitrogen and oxygen atoms in total. The Balaban J connectivity index is 2.31. The van der Waals surface area contributed by atoms with E-state index in [1.165, 1.54) is 0 Å². The van der Waals surface area contributed by atoms with Crippen LogP contribution in [0.25, 0.3) is 10.8 Å². The minimum atomic E-state index is 0.135. The summed E-state index contributed by atoms with van der Waals surface area (Å²) in [5.41, 5.74) is 0. The van der Waals surface area contributed by atoms with Gasteiger partial charge in [0.1, 0.15) is 11.5 Å². The molecule has 0 aliphatic heterocycles. The van der Waals surface area contributed by atoms with Gasteiger partial charge in [0.05, 0.1) is 26.9 Å². The number of hydrogen-bond acceptors (Lipinski definition) is 4. The Morgan fingerprint density at radius 2 is 2.00 bits per heavy atom. The number of fused-ring (bicyclic) bond motifs is 1. The van der Waals surface area contributed by atoms with Crippen molar-refractivity contribution in [3.05, 3.63) is 36.8 Å². The number of ketones is 1. The molecule has 2 aromatic rings. The predicted molar refractivity (Wildman–Crippen MR) is 77.5 cm³/mol. The SMILES string of the molecule is C=CCCC(=O)Cc1occ2cc(OC)c(OC)cc12. The molecule has 0 unspecified atom stereocenters. The average Bonchev–Trinajstić information content (AvgIpc) is 2.85. The van der Waals surface area contributed by atoms with Crippen molar-refractivity contribution >= 4 is 16.6 Å². The van der Waals surface area contributed by atoms with E-state index in [0.29, 0.717) is 30.1 Å². The lowest BCUT2D eigenvalue weighted by Gasteiger charge is -2.07. The van der Waals surface area contributed by atoms with Gasteiger partial charge in [0, 0.05) is 17.2 Å². The third kappa shape index (κ3) is 2.85. The van der Waals surface area contributed by atoms with Crippen LogP contribution in [0.5, 0.6) is 11.5 Å². The lowest BCUT2D eigenvalue weighted by molar-refractivity contribution is -0.118. The molecule has 2 rings (SSSR count). The molecule has 0 N–H and O–H groups in total. The Morgan fingerprint density at radius 1 is 1.30 bits per heavy atom.